The molecule has 0 heterocycles. The Bertz CT molecular complexity index is 454. The molecule has 116 valence electrons. The van der Waals surface area contributed by atoms with Crippen LogP contribution >= 0.6 is 0 Å². The third-order valence-electron chi connectivity index (χ3n) is 4.38. The highest BCUT2D eigenvalue weighted by atomic mass is 19.1. The van der Waals surface area contributed by atoms with E-state index in [1.54, 1.807) is 12.1 Å². The van der Waals surface area contributed by atoms with Crippen molar-refractivity contribution in [1.82, 2.24) is 5.32 Å². The summed E-state index contributed by atoms with van der Waals surface area (Å²) in [6.45, 7) is 2.28. The Labute approximate surface area is 125 Å². The number of amides is 1. The summed E-state index contributed by atoms with van der Waals surface area (Å²) in [5.41, 5.74) is 0.947. The van der Waals surface area contributed by atoms with Gasteiger partial charge in [0.15, 0.2) is 0 Å². The summed E-state index contributed by atoms with van der Waals surface area (Å²) >= 11 is 0. The van der Waals surface area contributed by atoms with Gasteiger partial charge in [0.1, 0.15) is 5.82 Å². The zero-order chi connectivity index (χ0) is 15.2. The summed E-state index contributed by atoms with van der Waals surface area (Å²) in [4.78, 5) is 11.9. The normalized spacial score (nSPS) is 18.4. The Kier molecular flexibility index (Phi) is 5.74. The van der Waals surface area contributed by atoms with Gasteiger partial charge in [0.05, 0.1) is 6.10 Å². The van der Waals surface area contributed by atoms with Crippen LogP contribution in [0.5, 0.6) is 0 Å². The average molecular weight is 293 g/mol. The van der Waals surface area contributed by atoms with E-state index in [1.807, 2.05) is 6.92 Å². The number of benzene rings is 1. The summed E-state index contributed by atoms with van der Waals surface area (Å²) in [5.74, 6) is 0.0352. The molecule has 4 heteroatoms. The first kappa shape index (κ1) is 16.0. The number of halogens is 1. The Morgan fingerprint density at radius 1 is 1.33 bits per heavy atom. The van der Waals surface area contributed by atoms with Crippen LogP contribution in [0.15, 0.2) is 24.3 Å². The second kappa shape index (κ2) is 7.55. The molecule has 1 amide bonds. The van der Waals surface area contributed by atoms with E-state index < -0.39 is 6.10 Å². The van der Waals surface area contributed by atoms with Crippen molar-refractivity contribution in [3.63, 3.8) is 0 Å². The van der Waals surface area contributed by atoms with Gasteiger partial charge in [0.2, 0.25) is 5.91 Å². The molecule has 0 radical (unpaired) electrons. The number of nitrogens with one attached hydrogen (secondary N) is 1. The maximum Gasteiger partial charge on any atom is 0.220 e. The lowest BCUT2D eigenvalue weighted by Crippen LogP contribution is -2.36. The van der Waals surface area contributed by atoms with Crippen molar-refractivity contribution in [3.8, 4) is 0 Å². The molecular formula is C17H24FNO2. The lowest BCUT2D eigenvalue weighted by Gasteiger charge is -2.19. The average Bonchev–Trinajstić information content (AvgIpc) is 2.99. The van der Waals surface area contributed by atoms with Crippen molar-refractivity contribution in [3.05, 3.63) is 35.6 Å². The van der Waals surface area contributed by atoms with Gasteiger partial charge in [-0.3, -0.25) is 4.79 Å². The van der Waals surface area contributed by atoms with E-state index in [1.165, 1.54) is 25.0 Å². The fourth-order valence-corrected chi connectivity index (χ4v) is 2.99. The second-order valence-electron chi connectivity index (χ2n) is 6.07. The summed E-state index contributed by atoms with van der Waals surface area (Å²) < 4.78 is 12.9. The molecule has 2 N–H and O–H groups in total. The van der Waals surface area contributed by atoms with Crippen LogP contribution < -0.4 is 5.32 Å². The predicted molar refractivity (Wildman–Crippen MR) is 80.4 cm³/mol. The number of rotatable bonds is 6. The van der Waals surface area contributed by atoms with Gasteiger partial charge in [-0.1, -0.05) is 31.9 Å². The van der Waals surface area contributed by atoms with E-state index in [4.69, 9.17) is 0 Å². The zero-order valence-corrected chi connectivity index (χ0v) is 12.5. The fraction of sp³-hybridized carbons (Fsp3) is 0.588. The summed E-state index contributed by atoms with van der Waals surface area (Å²) in [6.07, 6.45) is 4.39. The molecule has 0 aromatic heterocycles. The molecule has 2 rings (SSSR count). The SMILES string of the molecule is CC(CC(=O)NCC(O)C1CCCC1)c1ccc(F)cc1. The van der Waals surface area contributed by atoms with Crippen molar-refractivity contribution < 1.29 is 14.3 Å². The lowest BCUT2D eigenvalue weighted by atomic mass is 9.97. The minimum absolute atomic E-state index is 0.0363. The smallest absolute Gasteiger partial charge is 0.220 e. The van der Waals surface area contributed by atoms with Crippen molar-refractivity contribution in [2.45, 2.75) is 51.0 Å². The highest BCUT2D eigenvalue weighted by molar-refractivity contribution is 5.76. The number of hydrogen-bond acceptors (Lipinski definition) is 2. The van der Waals surface area contributed by atoms with Crippen LogP contribution in [-0.2, 0) is 4.79 Å². The zero-order valence-electron chi connectivity index (χ0n) is 12.5. The molecule has 3 nitrogen and oxygen atoms in total. The number of hydrogen-bond donors (Lipinski definition) is 2. The molecular weight excluding hydrogens is 269 g/mol. The molecule has 1 aliphatic carbocycles. The molecule has 21 heavy (non-hydrogen) atoms. The first-order valence-corrected chi connectivity index (χ1v) is 7.76. The van der Waals surface area contributed by atoms with Gasteiger partial charge in [0, 0.05) is 13.0 Å². The molecule has 0 saturated heterocycles. The molecule has 2 atom stereocenters. The summed E-state index contributed by atoms with van der Waals surface area (Å²) in [6, 6.07) is 6.24. The maximum atomic E-state index is 12.9. The van der Waals surface area contributed by atoms with Gasteiger partial charge < -0.3 is 10.4 Å². The van der Waals surface area contributed by atoms with Crippen molar-refractivity contribution in [1.29, 1.82) is 0 Å². The minimum Gasteiger partial charge on any atom is -0.391 e. The third-order valence-corrected chi connectivity index (χ3v) is 4.38. The quantitative estimate of drug-likeness (QED) is 0.847. The third kappa shape index (κ3) is 4.81. The lowest BCUT2D eigenvalue weighted by molar-refractivity contribution is -0.122. The summed E-state index contributed by atoms with van der Waals surface area (Å²) in [7, 11) is 0. The molecule has 1 aliphatic rings. The molecule has 0 spiro atoms. The van der Waals surface area contributed by atoms with Crippen molar-refractivity contribution in [2.75, 3.05) is 6.54 Å². The van der Waals surface area contributed by atoms with E-state index in [9.17, 15) is 14.3 Å². The van der Waals surface area contributed by atoms with Gasteiger partial charge in [0.25, 0.3) is 0 Å². The molecule has 1 saturated carbocycles. The Hall–Kier alpha value is -1.42. The number of carbonyl (C=O) groups is 1. The standard InChI is InChI=1S/C17H24FNO2/c1-12(13-6-8-15(18)9-7-13)10-17(21)19-11-16(20)14-4-2-3-5-14/h6-9,12,14,16,20H,2-5,10-11H2,1H3,(H,19,21). The number of aliphatic hydroxyl groups excluding tert-OH is 1. The summed E-state index contributed by atoms with van der Waals surface area (Å²) in [5, 5.41) is 12.8. The number of carbonyl (C=O) groups excluding carboxylic acids is 1. The molecule has 1 aromatic rings. The fourth-order valence-electron chi connectivity index (χ4n) is 2.99. The van der Waals surface area contributed by atoms with Crippen molar-refractivity contribution >= 4 is 5.91 Å². The van der Waals surface area contributed by atoms with Crippen LogP contribution in [0.3, 0.4) is 0 Å². The van der Waals surface area contributed by atoms with E-state index in [2.05, 4.69) is 5.32 Å². The Morgan fingerprint density at radius 2 is 1.95 bits per heavy atom. The maximum absolute atomic E-state index is 12.9. The van der Waals surface area contributed by atoms with Crippen LogP contribution in [0, 0.1) is 11.7 Å². The highest BCUT2D eigenvalue weighted by Gasteiger charge is 2.23. The van der Waals surface area contributed by atoms with Gasteiger partial charge in [-0.25, -0.2) is 4.39 Å². The van der Waals surface area contributed by atoms with Gasteiger partial charge in [-0.05, 0) is 42.4 Å². The largest absolute Gasteiger partial charge is 0.391 e. The monoisotopic (exact) mass is 293 g/mol. The topological polar surface area (TPSA) is 49.3 Å². The first-order chi connectivity index (χ1) is 10.1. The molecule has 2 unspecified atom stereocenters. The molecule has 1 aromatic carbocycles. The molecule has 0 aliphatic heterocycles. The minimum atomic E-state index is -0.433. The highest BCUT2D eigenvalue weighted by Crippen LogP contribution is 2.27. The number of aliphatic hydroxyl groups is 1. The van der Waals surface area contributed by atoms with E-state index in [0.717, 1.165) is 18.4 Å². The molecule has 1 fully saturated rings. The van der Waals surface area contributed by atoms with Gasteiger partial charge >= 0.3 is 0 Å². The van der Waals surface area contributed by atoms with Gasteiger partial charge in [-0.15, -0.1) is 0 Å². The van der Waals surface area contributed by atoms with Crippen molar-refractivity contribution in [2.24, 2.45) is 5.92 Å². The predicted octanol–water partition coefficient (Wildman–Crippen LogP) is 2.99. The van der Waals surface area contributed by atoms with Crippen LogP contribution in [-0.4, -0.2) is 23.7 Å². The van der Waals surface area contributed by atoms with E-state index in [0.29, 0.717) is 18.9 Å². The molecule has 0 bridgehead atoms. The van der Waals surface area contributed by atoms with Crippen LogP contribution in [0.25, 0.3) is 0 Å². The van der Waals surface area contributed by atoms with Gasteiger partial charge in [-0.2, -0.15) is 0 Å². The Balaban J connectivity index is 1.74. The van der Waals surface area contributed by atoms with Crippen LogP contribution in [0.4, 0.5) is 4.39 Å². The first-order valence-electron chi connectivity index (χ1n) is 7.76. The van der Waals surface area contributed by atoms with Crippen LogP contribution in [0.2, 0.25) is 0 Å². The second-order valence-corrected chi connectivity index (χ2v) is 6.07. The Morgan fingerprint density at radius 3 is 2.57 bits per heavy atom. The van der Waals surface area contributed by atoms with Crippen LogP contribution in [0.1, 0.15) is 50.5 Å². The van der Waals surface area contributed by atoms with E-state index >= 15 is 0 Å². The van der Waals surface area contributed by atoms with E-state index in [-0.39, 0.29) is 17.6 Å².